The molecule has 0 unspecified atom stereocenters. The fourth-order valence-electron chi connectivity index (χ4n) is 3.25. The van der Waals surface area contributed by atoms with Crippen LogP contribution >= 0.6 is 11.8 Å². The van der Waals surface area contributed by atoms with Crippen molar-refractivity contribution >= 4 is 34.4 Å². The smallest absolute Gasteiger partial charge is 0.321 e. The molecule has 0 aliphatic carbocycles. The lowest BCUT2D eigenvalue weighted by Crippen LogP contribution is -2.33. The first-order chi connectivity index (χ1) is 11.7. The number of ether oxygens (including phenoxy) is 1. The Morgan fingerprint density at radius 2 is 2.29 bits per heavy atom. The highest BCUT2D eigenvalue weighted by molar-refractivity contribution is 7.98. The van der Waals surface area contributed by atoms with E-state index in [9.17, 15) is 4.79 Å². The maximum Gasteiger partial charge on any atom is 0.321 e. The number of hydrogen-bond acceptors (Lipinski definition) is 3. The number of urea groups is 1. The first-order valence-electron chi connectivity index (χ1n) is 8.34. The van der Waals surface area contributed by atoms with Gasteiger partial charge in [-0.2, -0.15) is 11.8 Å². The average molecular weight is 347 g/mol. The van der Waals surface area contributed by atoms with Crippen LogP contribution in [0.25, 0.3) is 10.9 Å². The number of thioether (sulfide) groups is 1. The minimum Gasteiger partial charge on any atom is -0.383 e. The van der Waals surface area contributed by atoms with Crippen molar-refractivity contribution in [1.29, 1.82) is 0 Å². The Morgan fingerprint density at radius 3 is 3.08 bits per heavy atom. The molecule has 1 aromatic carbocycles. The summed E-state index contributed by atoms with van der Waals surface area (Å²) in [6.07, 6.45) is 5.29. The molecule has 5 nitrogen and oxygen atoms in total. The van der Waals surface area contributed by atoms with Gasteiger partial charge in [0.1, 0.15) is 0 Å². The molecular weight excluding hydrogens is 322 g/mol. The lowest BCUT2D eigenvalue weighted by molar-refractivity contribution is 0.188. The standard InChI is InChI=1S/C18H25N3O2S/c1-23-10-9-20-8-6-15-11-16(3-4-17(15)20)19-18(22)21-7-5-14(12-21)13-24-2/h3-4,6,8,11,14H,5,7,9-10,12-13H2,1-2H3,(H,19,22)/t14-/m0/s1. The maximum absolute atomic E-state index is 12.4. The number of nitrogens with zero attached hydrogens (tertiary/aromatic N) is 2. The molecule has 2 amide bonds. The average Bonchev–Trinajstić information content (AvgIpc) is 3.20. The van der Waals surface area contributed by atoms with Gasteiger partial charge in [-0.15, -0.1) is 0 Å². The van der Waals surface area contributed by atoms with E-state index in [4.69, 9.17) is 4.74 Å². The van der Waals surface area contributed by atoms with Gasteiger partial charge in [0, 0.05) is 49.5 Å². The normalized spacial score (nSPS) is 17.6. The maximum atomic E-state index is 12.4. The molecule has 0 radical (unpaired) electrons. The monoisotopic (exact) mass is 347 g/mol. The Morgan fingerprint density at radius 1 is 1.42 bits per heavy atom. The molecule has 2 heterocycles. The molecule has 2 aromatic rings. The van der Waals surface area contributed by atoms with E-state index in [1.807, 2.05) is 28.8 Å². The zero-order valence-corrected chi connectivity index (χ0v) is 15.1. The predicted octanol–water partition coefficient (Wildman–Crippen LogP) is 3.50. The van der Waals surface area contributed by atoms with Crippen LogP contribution in [0.15, 0.2) is 30.5 Å². The second-order valence-electron chi connectivity index (χ2n) is 6.26. The lowest BCUT2D eigenvalue weighted by atomic mass is 10.2. The quantitative estimate of drug-likeness (QED) is 0.870. The molecule has 1 aromatic heterocycles. The van der Waals surface area contributed by atoms with Gasteiger partial charge in [0.05, 0.1) is 6.61 Å². The second-order valence-corrected chi connectivity index (χ2v) is 7.17. The second kappa shape index (κ2) is 7.94. The van der Waals surface area contributed by atoms with Crippen LogP contribution in [-0.2, 0) is 11.3 Å². The van der Waals surface area contributed by atoms with Gasteiger partial charge in [0.15, 0.2) is 0 Å². The molecule has 0 saturated carbocycles. The van der Waals surface area contributed by atoms with Gasteiger partial charge < -0.3 is 19.5 Å². The van der Waals surface area contributed by atoms with Crippen molar-refractivity contribution in [3.63, 3.8) is 0 Å². The van der Waals surface area contributed by atoms with Crippen molar-refractivity contribution in [2.45, 2.75) is 13.0 Å². The van der Waals surface area contributed by atoms with Crippen LogP contribution in [0, 0.1) is 5.92 Å². The number of nitrogens with one attached hydrogen (secondary N) is 1. The van der Waals surface area contributed by atoms with E-state index >= 15 is 0 Å². The van der Waals surface area contributed by atoms with Gasteiger partial charge >= 0.3 is 6.03 Å². The number of likely N-dealkylation sites (tertiary alicyclic amines) is 1. The molecule has 1 atom stereocenters. The Hall–Kier alpha value is -1.66. The summed E-state index contributed by atoms with van der Waals surface area (Å²) in [6, 6.07) is 8.15. The highest BCUT2D eigenvalue weighted by Gasteiger charge is 2.25. The predicted molar refractivity (Wildman–Crippen MR) is 101 cm³/mol. The summed E-state index contributed by atoms with van der Waals surface area (Å²) in [6.45, 7) is 3.24. The molecule has 1 N–H and O–H groups in total. The number of benzene rings is 1. The van der Waals surface area contributed by atoms with Crippen molar-refractivity contribution in [2.24, 2.45) is 5.92 Å². The molecule has 0 spiro atoms. The van der Waals surface area contributed by atoms with Crippen molar-refractivity contribution in [2.75, 3.05) is 44.1 Å². The summed E-state index contributed by atoms with van der Waals surface area (Å²) >= 11 is 1.86. The Labute approximate surface area is 147 Å². The van der Waals surface area contributed by atoms with Gasteiger partial charge in [0.2, 0.25) is 0 Å². The molecule has 1 aliphatic rings. The SMILES string of the molecule is COCCn1ccc2cc(NC(=O)N3CC[C@H](CSC)C3)ccc21. The number of rotatable bonds is 6. The Kier molecular flexibility index (Phi) is 5.68. The number of carbonyl (C=O) groups is 1. The van der Waals surface area contributed by atoms with Gasteiger partial charge in [-0.1, -0.05) is 0 Å². The number of carbonyl (C=O) groups excluding carboxylic acids is 1. The summed E-state index contributed by atoms with van der Waals surface area (Å²) in [5, 5.41) is 4.17. The van der Waals surface area contributed by atoms with Crippen LogP contribution < -0.4 is 5.32 Å². The van der Waals surface area contributed by atoms with Crippen molar-refractivity contribution < 1.29 is 9.53 Å². The van der Waals surface area contributed by atoms with Gasteiger partial charge in [-0.3, -0.25) is 0 Å². The number of amides is 2. The fourth-order valence-corrected chi connectivity index (χ4v) is 4.00. The highest BCUT2D eigenvalue weighted by atomic mass is 32.2. The first kappa shape index (κ1) is 17.2. The van der Waals surface area contributed by atoms with Gasteiger partial charge in [-0.25, -0.2) is 4.79 Å². The number of fused-ring (bicyclic) bond motifs is 1. The number of hydrogen-bond donors (Lipinski definition) is 1. The van der Waals surface area contributed by atoms with E-state index in [-0.39, 0.29) is 6.03 Å². The van der Waals surface area contributed by atoms with Crippen LogP contribution in [0.5, 0.6) is 0 Å². The third kappa shape index (κ3) is 3.87. The van der Waals surface area contributed by atoms with E-state index in [1.165, 1.54) is 0 Å². The zero-order chi connectivity index (χ0) is 16.9. The summed E-state index contributed by atoms with van der Waals surface area (Å²) in [5.41, 5.74) is 2.01. The van der Waals surface area contributed by atoms with Crippen LogP contribution in [0.1, 0.15) is 6.42 Å². The summed E-state index contributed by atoms with van der Waals surface area (Å²) in [5.74, 6) is 1.76. The number of anilines is 1. The van der Waals surface area contributed by atoms with Gasteiger partial charge in [-0.05, 0) is 48.6 Å². The number of aromatic nitrogens is 1. The van der Waals surface area contributed by atoms with E-state index in [1.54, 1.807) is 7.11 Å². The molecular formula is C18H25N3O2S. The summed E-state index contributed by atoms with van der Waals surface area (Å²) in [4.78, 5) is 14.4. The van der Waals surface area contributed by atoms with Crippen LogP contribution in [0.2, 0.25) is 0 Å². The molecule has 24 heavy (non-hydrogen) atoms. The van der Waals surface area contributed by atoms with Crippen molar-refractivity contribution in [3.8, 4) is 0 Å². The van der Waals surface area contributed by atoms with Crippen LogP contribution in [0.4, 0.5) is 10.5 Å². The van der Waals surface area contributed by atoms with E-state index in [2.05, 4.69) is 34.5 Å². The van der Waals surface area contributed by atoms with E-state index in [0.717, 1.165) is 48.4 Å². The van der Waals surface area contributed by atoms with Crippen LogP contribution in [0.3, 0.4) is 0 Å². The van der Waals surface area contributed by atoms with Crippen molar-refractivity contribution in [1.82, 2.24) is 9.47 Å². The molecule has 130 valence electrons. The molecule has 0 bridgehead atoms. The highest BCUT2D eigenvalue weighted by Crippen LogP contribution is 2.23. The van der Waals surface area contributed by atoms with Crippen LogP contribution in [-0.4, -0.2) is 54.3 Å². The van der Waals surface area contributed by atoms with E-state index < -0.39 is 0 Å². The third-order valence-corrected chi connectivity index (χ3v) is 5.34. The molecule has 6 heteroatoms. The molecule has 1 saturated heterocycles. The Balaban J connectivity index is 1.64. The van der Waals surface area contributed by atoms with Gasteiger partial charge in [0.25, 0.3) is 0 Å². The first-order valence-corrected chi connectivity index (χ1v) is 9.73. The zero-order valence-electron chi connectivity index (χ0n) is 14.3. The molecule has 1 fully saturated rings. The molecule has 1 aliphatic heterocycles. The Bertz CT molecular complexity index is 701. The summed E-state index contributed by atoms with van der Waals surface area (Å²) < 4.78 is 7.30. The number of methoxy groups -OCH3 is 1. The third-order valence-electron chi connectivity index (χ3n) is 4.53. The topological polar surface area (TPSA) is 46.5 Å². The van der Waals surface area contributed by atoms with Crippen molar-refractivity contribution in [3.05, 3.63) is 30.5 Å². The largest absolute Gasteiger partial charge is 0.383 e. The molecule has 3 rings (SSSR count). The minimum atomic E-state index is 0.0109. The fraction of sp³-hybridized carbons (Fsp3) is 0.500. The lowest BCUT2D eigenvalue weighted by Gasteiger charge is -2.17. The van der Waals surface area contributed by atoms with E-state index in [0.29, 0.717) is 12.5 Å². The minimum absolute atomic E-state index is 0.0109. The summed E-state index contributed by atoms with van der Waals surface area (Å²) in [7, 11) is 1.71.